The third kappa shape index (κ3) is 2.56. The summed E-state index contributed by atoms with van der Waals surface area (Å²) >= 11 is 0. The second kappa shape index (κ2) is 4.27. The fraction of sp³-hybridized carbons (Fsp3) is 0.125. The maximum atomic E-state index is 10.7. The number of hydrogen-bond acceptors (Lipinski definition) is 5. The number of para-hydroxylation sites is 1. The maximum Gasteiger partial charge on any atom is 0.314 e. The van der Waals surface area contributed by atoms with Crippen molar-refractivity contribution in [1.82, 2.24) is 0 Å². The van der Waals surface area contributed by atoms with E-state index in [4.69, 9.17) is 11.5 Å². The van der Waals surface area contributed by atoms with Crippen molar-refractivity contribution in [2.75, 3.05) is 17.6 Å². The molecule has 7 heteroatoms. The first-order valence-corrected chi connectivity index (χ1v) is 4.07. The molecule has 1 amide bonds. The fourth-order valence-corrected chi connectivity index (χ4v) is 1.09. The number of nitrogen functional groups attached to an aromatic ring is 1. The minimum atomic E-state index is -0.612. The standard InChI is InChI=1S/C8H10N4O3/c9-5-2-1-3-6(8(5)12(14)15)11-4-7(10)13/h1-3,11H,4,9H2,(H2,10,13). The second-order valence-electron chi connectivity index (χ2n) is 2.82. The van der Waals surface area contributed by atoms with Gasteiger partial charge in [-0.3, -0.25) is 14.9 Å². The molecule has 80 valence electrons. The van der Waals surface area contributed by atoms with Crippen molar-refractivity contribution in [3.05, 3.63) is 28.3 Å². The quantitative estimate of drug-likeness (QED) is 0.368. The van der Waals surface area contributed by atoms with Gasteiger partial charge in [-0.25, -0.2) is 0 Å². The van der Waals surface area contributed by atoms with Crippen molar-refractivity contribution in [3.8, 4) is 0 Å². The number of carbonyl (C=O) groups is 1. The molecule has 0 aliphatic carbocycles. The Bertz CT molecular complexity index is 405. The summed E-state index contributed by atoms with van der Waals surface area (Å²) in [7, 11) is 0. The molecular formula is C8H10N4O3. The van der Waals surface area contributed by atoms with Crippen molar-refractivity contribution in [2.45, 2.75) is 0 Å². The summed E-state index contributed by atoms with van der Waals surface area (Å²) in [6.45, 7) is -0.176. The summed E-state index contributed by atoms with van der Waals surface area (Å²) in [5, 5.41) is 13.2. The predicted molar refractivity (Wildman–Crippen MR) is 55.2 cm³/mol. The Morgan fingerprint density at radius 1 is 1.53 bits per heavy atom. The number of nitrogens with one attached hydrogen (secondary N) is 1. The molecule has 0 saturated heterocycles. The van der Waals surface area contributed by atoms with Gasteiger partial charge in [0, 0.05) is 0 Å². The average Bonchev–Trinajstić information content (AvgIpc) is 2.13. The van der Waals surface area contributed by atoms with Crippen molar-refractivity contribution in [1.29, 1.82) is 0 Å². The molecule has 7 nitrogen and oxygen atoms in total. The molecular weight excluding hydrogens is 200 g/mol. The number of anilines is 2. The highest BCUT2D eigenvalue weighted by atomic mass is 16.6. The van der Waals surface area contributed by atoms with Crippen LogP contribution in [0.2, 0.25) is 0 Å². The van der Waals surface area contributed by atoms with Crippen LogP contribution < -0.4 is 16.8 Å². The topological polar surface area (TPSA) is 124 Å². The number of nitro benzene ring substituents is 1. The molecule has 0 aromatic heterocycles. The molecule has 0 heterocycles. The number of nitro groups is 1. The molecule has 15 heavy (non-hydrogen) atoms. The van der Waals surface area contributed by atoms with Crippen LogP contribution in [0.1, 0.15) is 0 Å². The van der Waals surface area contributed by atoms with Crippen molar-refractivity contribution >= 4 is 23.0 Å². The summed E-state index contributed by atoms with van der Waals surface area (Å²) in [5.41, 5.74) is 10.3. The molecule has 0 aliphatic heterocycles. The fourth-order valence-electron chi connectivity index (χ4n) is 1.09. The Labute approximate surface area is 85.2 Å². The first-order valence-electron chi connectivity index (χ1n) is 4.07. The van der Waals surface area contributed by atoms with E-state index in [0.717, 1.165) is 0 Å². The lowest BCUT2D eigenvalue weighted by atomic mass is 10.2. The Morgan fingerprint density at radius 2 is 2.20 bits per heavy atom. The normalized spacial score (nSPS) is 9.60. The Morgan fingerprint density at radius 3 is 2.73 bits per heavy atom. The van der Waals surface area contributed by atoms with Gasteiger partial charge in [-0.1, -0.05) is 6.07 Å². The third-order valence-corrected chi connectivity index (χ3v) is 1.70. The van der Waals surface area contributed by atoms with E-state index in [-0.39, 0.29) is 23.6 Å². The molecule has 0 bridgehead atoms. The zero-order valence-electron chi connectivity index (χ0n) is 7.77. The van der Waals surface area contributed by atoms with Gasteiger partial charge in [-0.15, -0.1) is 0 Å². The smallest absolute Gasteiger partial charge is 0.314 e. The van der Waals surface area contributed by atoms with Gasteiger partial charge in [0.15, 0.2) is 0 Å². The zero-order chi connectivity index (χ0) is 11.4. The van der Waals surface area contributed by atoms with Crippen molar-refractivity contribution in [3.63, 3.8) is 0 Å². The molecule has 1 aromatic carbocycles. The minimum Gasteiger partial charge on any atom is -0.393 e. The van der Waals surface area contributed by atoms with Gasteiger partial charge in [-0.05, 0) is 12.1 Å². The van der Waals surface area contributed by atoms with E-state index < -0.39 is 10.8 Å². The number of carbonyl (C=O) groups excluding carboxylic acids is 1. The van der Waals surface area contributed by atoms with E-state index in [0.29, 0.717) is 0 Å². The molecule has 0 aliphatic rings. The number of nitrogens with zero attached hydrogens (tertiary/aromatic N) is 1. The lowest BCUT2D eigenvalue weighted by molar-refractivity contribution is -0.383. The number of nitrogens with two attached hydrogens (primary N) is 2. The van der Waals surface area contributed by atoms with E-state index in [1.54, 1.807) is 6.07 Å². The summed E-state index contributed by atoms with van der Waals surface area (Å²) in [5.74, 6) is -0.605. The number of primary amides is 1. The minimum absolute atomic E-state index is 0.0365. The second-order valence-corrected chi connectivity index (χ2v) is 2.82. The Balaban J connectivity index is 3.01. The molecule has 0 saturated carbocycles. The highest BCUT2D eigenvalue weighted by Crippen LogP contribution is 2.29. The molecule has 1 rings (SSSR count). The SMILES string of the molecule is NC(=O)CNc1cccc(N)c1[N+](=O)[O-]. The third-order valence-electron chi connectivity index (χ3n) is 1.70. The van der Waals surface area contributed by atoms with Gasteiger partial charge in [0.05, 0.1) is 11.5 Å². The number of amides is 1. The van der Waals surface area contributed by atoms with Crippen LogP contribution in [0, 0.1) is 10.1 Å². The molecule has 0 radical (unpaired) electrons. The number of hydrogen-bond donors (Lipinski definition) is 3. The van der Waals surface area contributed by atoms with Gasteiger partial charge in [0.1, 0.15) is 11.4 Å². The Hall–Kier alpha value is -2.31. The molecule has 1 aromatic rings. The van der Waals surface area contributed by atoms with Crippen LogP contribution in [0.4, 0.5) is 17.1 Å². The molecule has 0 fully saturated rings. The monoisotopic (exact) mass is 210 g/mol. The highest BCUT2D eigenvalue weighted by molar-refractivity contribution is 5.82. The van der Waals surface area contributed by atoms with E-state index >= 15 is 0 Å². The van der Waals surface area contributed by atoms with Gasteiger partial charge in [0.25, 0.3) is 0 Å². The van der Waals surface area contributed by atoms with Gasteiger partial charge >= 0.3 is 5.69 Å². The number of rotatable bonds is 4. The maximum absolute atomic E-state index is 10.7. The van der Waals surface area contributed by atoms with Crippen LogP contribution in [0.3, 0.4) is 0 Å². The molecule has 0 atom stereocenters. The average molecular weight is 210 g/mol. The largest absolute Gasteiger partial charge is 0.393 e. The summed E-state index contributed by atoms with van der Waals surface area (Å²) in [6.07, 6.45) is 0. The van der Waals surface area contributed by atoms with Crippen LogP contribution in [0.15, 0.2) is 18.2 Å². The van der Waals surface area contributed by atoms with Gasteiger partial charge in [-0.2, -0.15) is 0 Å². The number of benzene rings is 1. The van der Waals surface area contributed by atoms with Crippen LogP contribution in [-0.2, 0) is 4.79 Å². The van der Waals surface area contributed by atoms with Crippen molar-refractivity contribution < 1.29 is 9.72 Å². The molecule has 0 unspecified atom stereocenters. The first-order chi connectivity index (χ1) is 7.02. The predicted octanol–water partition coefficient (Wildman–Crippen LogP) is 0.0742. The van der Waals surface area contributed by atoms with E-state index in [1.807, 2.05) is 0 Å². The van der Waals surface area contributed by atoms with E-state index in [1.165, 1.54) is 12.1 Å². The van der Waals surface area contributed by atoms with Crippen LogP contribution in [0.25, 0.3) is 0 Å². The lowest BCUT2D eigenvalue weighted by Crippen LogP contribution is -2.22. The summed E-state index contributed by atoms with van der Waals surface area (Å²) in [6, 6.07) is 4.41. The lowest BCUT2D eigenvalue weighted by Gasteiger charge is -2.05. The summed E-state index contributed by atoms with van der Waals surface area (Å²) < 4.78 is 0. The molecule has 5 N–H and O–H groups in total. The van der Waals surface area contributed by atoms with Crippen LogP contribution in [-0.4, -0.2) is 17.4 Å². The zero-order valence-corrected chi connectivity index (χ0v) is 7.77. The summed E-state index contributed by atoms with van der Waals surface area (Å²) in [4.78, 5) is 20.5. The van der Waals surface area contributed by atoms with Crippen molar-refractivity contribution in [2.24, 2.45) is 5.73 Å². The van der Waals surface area contributed by atoms with E-state index in [9.17, 15) is 14.9 Å². The highest BCUT2D eigenvalue weighted by Gasteiger charge is 2.17. The molecule has 0 spiro atoms. The Kier molecular flexibility index (Phi) is 3.06. The van der Waals surface area contributed by atoms with Crippen LogP contribution >= 0.6 is 0 Å². The van der Waals surface area contributed by atoms with Gasteiger partial charge in [0.2, 0.25) is 5.91 Å². The van der Waals surface area contributed by atoms with Crippen LogP contribution in [0.5, 0.6) is 0 Å². The van der Waals surface area contributed by atoms with E-state index in [2.05, 4.69) is 5.32 Å². The van der Waals surface area contributed by atoms with Gasteiger partial charge < -0.3 is 16.8 Å². The first kappa shape index (κ1) is 10.8.